The molecule has 5 aromatic carbocycles. The highest BCUT2D eigenvalue weighted by Gasteiger charge is 2.23. The van der Waals surface area contributed by atoms with Crippen molar-refractivity contribution in [2.45, 2.75) is 310 Å². The van der Waals surface area contributed by atoms with Crippen LogP contribution < -0.4 is 0 Å². The summed E-state index contributed by atoms with van der Waals surface area (Å²) in [7, 11) is 0. The van der Waals surface area contributed by atoms with E-state index in [9.17, 15) is 9.50 Å². The molecule has 0 fully saturated rings. The maximum Gasteiger partial charge on any atom is 0.126 e. The van der Waals surface area contributed by atoms with Gasteiger partial charge in [-0.15, -0.1) is 0 Å². The first-order valence-corrected chi connectivity index (χ1v) is 35.2. The van der Waals surface area contributed by atoms with Crippen molar-refractivity contribution in [2.75, 3.05) is 0 Å². The molecule has 0 unspecified atom stereocenters. The summed E-state index contributed by atoms with van der Waals surface area (Å²) >= 11 is 0. The Labute approximate surface area is 559 Å². The lowest BCUT2D eigenvalue weighted by molar-refractivity contribution is 0.280. The molecule has 0 aliphatic heterocycles. The molecule has 2 aromatic heterocycles. The molecule has 0 amide bonds. The highest BCUT2D eigenvalue weighted by molar-refractivity contribution is 5.49. The van der Waals surface area contributed by atoms with Gasteiger partial charge >= 0.3 is 0 Å². The number of pyridine rings is 2. The van der Waals surface area contributed by atoms with Gasteiger partial charge in [-0.3, -0.25) is 9.97 Å². The largest absolute Gasteiger partial charge is 0.392 e. The van der Waals surface area contributed by atoms with Crippen LogP contribution in [-0.2, 0) is 19.4 Å². The molecule has 8 rings (SSSR count). The summed E-state index contributed by atoms with van der Waals surface area (Å²) in [5.74, 6) is 7.77. The molecule has 1 N–H and O–H groups in total. The quantitative estimate of drug-likeness (QED) is 0.111. The van der Waals surface area contributed by atoms with Crippen molar-refractivity contribution < 1.29 is 9.50 Å². The van der Waals surface area contributed by atoms with Crippen LogP contribution in [0.5, 0.6) is 0 Å². The topological polar surface area (TPSA) is 46.0 Å². The summed E-state index contributed by atoms with van der Waals surface area (Å²) in [4.78, 5) is 8.90. The van der Waals surface area contributed by atoms with E-state index in [0.717, 1.165) is 16.7 Å². The van der Waals surface area contributed by atoms with E-state index in [1.807, 2.05) is 38.4 Å². The van der Waals surface area contributed by atoms with Gasteiger partial charge in [-0.25, -0.2) is 4.39 Å². The van der Waals surface area contributed by atoms with Gasteiger partial charge in [-0.05, 0) is 216 Å². The number of hydrogen-bond donors (Lipinski definition) is 1. The average molecular weight is 1240 g/mol. The van der Waals surface area contributed by atoms with Gasteiger partial charge in [-0.2, -0.15) is 0 Å². The third-order valence-electron chi connectivity index (χ3n) is 17.6. The Morgan fingerprint density at radius 2 is 0.637 bits per heavy atom. The maximum atomic E-state index is 13.5. The van der Waals surface area contributed by atoms with Crippen molar-refractivity contribution >= 4 is 0 Å². The third-order valence-corrected chi connectivity index (χ3v) is 17.6. The molecule has 91 heavy (non-hydrogen) atoms. The number of aromatic nitrogens is 2. The van der Waals surface area contributed by atoms with E-state index in [-0.39, 0.29) is 18.3 Å². The molecule has 0 radical (unpaired) electrons. The number of nitrogens with zero attached hydrogens (tertiary/aromatic N) is 2. The lowest BCUT2D eigenvalue weighted by atomic mass is 9.76. The Bertz CT molecular complexity index is 2890. The summed E-state index contributed by atoms with van der Waals surface area (Å²) in [6.07, 6.45) is 6.61. The summed E-state index contributed by atoms with van der Waals surface area (Å²) in [5, 5.41) is 9.27. The third kappa shape index (κ3) is 26.7. The number of hydrogen-bond acceptors (Lipinski definition) is 3. The molecule has 1 aliphatic rings. The van der Waals surface area contributed by atoms with Crippen LogP contribution in [0.2, 0.25) is 0 Å². The lowest BCUT2D eigenvalue weighted by Gasteiger charge is -2.29. The van der Waals surface area contributed by atoms with Crippen molar-refractivity contribution in [3.8, 4) is 0 Å². The number of fused-ring (bicyclic) bond motifs is 1. The average Bonchev–Trinajstić information content (AvgIpc) is 0.826. The number of benzene rings is 5. The van der Waals surface area contributed by atoms with Crippen LogP contribution in [0, 0.1) is 19.7 Å². The van der Waals surface area contributed by atoms with Crippen molar-refractivity contribution in [3.05, 3.63) is 233 Å². The van der Waals surface area contributed by atoms with Crippen molar-refractivity contribution in [1.82, 2.24) is 9.97 Å². The van der Waals surface area contributed by atoms with Gasteiger partial charge in [0.2, 0.25) is 0 Å². The monoisotopic (exact) mass is 1240 g/mol. The number of aliphatic hydroxyl groups excluding tert-OH is 1. The van der Waals surface area contributed by atoms with E-state index in [1.165, 1.54) is 79.9 Å². The smallest absolute Gasteiger partial charge is 0.126 e. The molecule has 502 valence electrons. The molecule has 0 saturated heterocycles. The second kappa shape index (κ2) is 39.7. The predicted octanol–water partition coefficient (Wildman–Crippen LogP) is 26.7. The van der Waals surface area contributed by atoms with E-state index < -0.39 is 0 Å². The molecule has 0 atom stereocenters. The highest BCUT2D eigenvalue weighted by atomic mass is 19.1. The van der Waals surface area contributed by atoms with Crippen LogP contribution in [0.1, 0.15) is 383 Å². The zero-order valence-electron chi connectivity index (χ0n) is 63.5. The van der Waals surface area contributed by atoms with Crippen molar-refractivity contribution in [1.29, 1.82) is 0 Å². The van der Waals surface area contributed by atoms with Gasteiger partial charge in [0.05, 0.1) is 6.61 Å². The molecule has 1 aliphatic carbocycles. The first-order chi connectivity index (χ1) is 42.4. The minimum absolute atomic E-state index is 0.0683. The lowest BCUT2D eigenvalue weighted by Crippen LogP contribution is -2.16. The van der Waals surface area contributed by atoms with Gasteiger partial charge in [0.1, 0.15) is 5.82 Å². The second-order valence-electron chi connectivity index (χ2n) is 30.0. The van der Waals surface area contributed by atoms with E-state index in [0.29, 0.717) is 76.9 Å². The van der Waals surface area contributed by atoms with Crippen LogP contribution in [0.25, 0.3) is 0 Å². The van der Waals surface area contributed by atoms with Gasteiger partial charge in [0.25, 0.3) is 0 Å². The zero-order chi connectivity index (χ0) is 69.3. The number of aliphatic hydroxyl groups is 1. The number of aryl methyl sites for hydroxylation is 2. The molecule has 7 aromatic rings. The fourth-order valence-electron chi connectivity index (χ4n) is 11.1. The minimum Gasteiger partial charge on any atom is -0.392 e. The second-order valence-corrected chi connectivity index (χ2v) is 30.0. The van der Waals surface area contributed by atoms with Crippen LogP contribution >= 0.6 is 0 Å². The molecule has 0 bridgehead atoms. The zero-order valence-corrected chi connectivity index (χ0v) is 63.5. The van der Waals surface area contributed by atoms with Crippen molar-refractivity contribution in [2.24, 2.45) is 0 Å². The van der Waals surface area contributed by atoms with Gasteiger partial charge in [0, 0.05) is 23.8 Å². The Morgan fingerprint density at radius 3 is 0.945 bits per heavy atom. The predicted molar refractivity (Wildman–Crippen MR) is 401 cm³/mol. The fourth-order valence-corrected chi connectivity index (χ4v) is 11.1. The summed E-state index contributed by atoms with van der Waals surface area (Å²) < 4.78 is 13.5. The molecule has 3 nitrogen and oxygen atoms in total. The first kappa shape index (κ1) is 81.4. The van der Waals surface area contributed by atoms with E-state index in [4.69, 9.17) is 0 Å². The maximum absolute atomic E-state index is 13.5. The van der Waals surface area contributed by atoms with Gasteiger partial charge in [0.15, 0.2) is 0 Å². The van der Waals surface area contributed by atoms with Gasteiger partial charge in [-0.1, -0.05) is 291 Å². The SMILES string of the molecule is CC(C)c1ccc(C(C)C)c(CO)c1.CC(C)c1ccc(C(C)C)c(F)c1.CC(C)c1ccc(C(C)C)c2c1CC2.CC(C)c1ccc(C(C)C)cc1.CC(C)c1ccc(C(C)C)nc1.Cc1cc(C(C)C)ccc1C(C)C.Cc1cc(C(C)C)cnc1C(C)C. The standard InChI is InChI=1S/C14H20.C13H20O.C13H20.C12H17F.C12H19N.C12H18.C11H17N/c1-9(2)11-5-6-12(10(3)4)14-8-7-13(11)14;1-9(2)11-5-6-13(10(3)4)12(7-11)8-14;1-9(2)12-6-7-13(10(3)4)11(5)8-12;1-8(2)10-5-6-11(9(3)4)12(13)7-10;1-8(2)11-6-10(5)12(9(3)4)13-7-11;1-9(2)11-5-7-12(8-6-11)10(3)4;1-8(2)10-5-6-11(9(3)4)12-7-10/h5-6,9-10H,7-8H2,1-4H3;5-7,9-10,14H,8H2,1-4H3;6-10H,1-5H3;5-9H,1-4H3;6-9H,1-5H3;5-10H,1-4H3;5-9H,1-4H3. The Balaban J connectivity index is 0.000000362. The molecule has 4 heteroatoms. The molecule has 2 heterocycles. The summed E-state index contributed by atoms with van der Waals surface area (Å²) in [5.41, 5.74) is 25.6. The van der Waals surface area contributed by atoms with Crippen LogP contribution in [0.15, 0.2) is 122 Å². The Hall–Kier alpha value is -5.71. The summed E-state index contributed by atoms with van der Waals surface area (Å²) in [6, 6.07) is 39.0. The molecule has 0 spiro atoms. The normalized spacial score (nSPS) is 11.8. The minimum atomic E-state index is -0.0683. The fraction of sp³-hybridized carbons (Fsp3) is 0.540. The number of halogens is 1. The van der Waals surface area contributed by atoms with E-state index in [1.54, 1.807) is 28.3 Å². The van der Waals surface area contributed by atoms with Crippen LogP contribution in [-0.4, -0.2) is 15.1 Å². The Morgan fingerprint density at radius 1 is 0.308 bits per heavy atom. The Kier molecular flexibility index (Phi) is 35.5. The highest BCUT2D eigenvalue weighted by Crippen LogP contribution is 2.37. The first-order valence-electron chi connectivity index (χ1n) is 35.2. The van der Waals surface area contributed by atoms with E-state index in [2.05, 4.69) is 295 Å². The van der Waals surface area contributed by atoms with Crippen molar-refractivity contribution in [3.63, 3.8) is 0 Å². The number of rotatable bonds is 15. The molecule has 0 saturated carbocycles. The van der Waals surface area contributed by atoms with Gasteiger partial charge < -0.3 is 5.11 Å². The summed E-state index contributed by atoms with van der Waals surface area (Å²) in [6.45, 7) is 65.9. The van der Waals surface area contributed by atoms with Crippen LogP contribution in [0.3, 0.4) is 0 Å². The molecular weight excluding hydrogens is 1110 g/mol. The van der Waals surface area contributed by atoms with E-state index >= 15 is 0 Å². The molecular formula is C87H131FN2O. The van der Waals surface area contributed by atoms with Crippen LogP contribution in [0.4, 0.5) is 4.39 Å².